The molecule has 1 aromatic carbocycles. The highest BCUT2D eigenvalue weighted by atomic mass is 19.1. The number of hydrogen-bond donors (Lipinski definition) is 2. The Hall–Kier alpha value is -1.45. The zero-order chi connectivity index (χ0) is 16.2. The number of nitrogen functional groups attached to an aromatic ring is 2. The van der Waals surface area contributed by atoms with Gasteiger partial charge in [0, 0.05) is 12.1 Å². The Morgan fingerprint density at radius 3 is 1.91 bits per heavy atom. The van der Waals surface area contributed by atoms with Crippen LogP contribution in [-0.4, -0.2) is 6.61 Å². The Bertz CT molecular complexity index is 424. The van der Waals surface area contributed by atoms with E-state index in [0.29, 0.717) is 12.3 Å². The third kappa shape index (κ3) is 7.53. The molecule has 0 aliphatic rings. The van der Waals surface area contributed by atoms with Gasteiger partial charge in [-0.25, -0.2) is 4.39 Å². The van der Waals surface area contributed by atoms with Gasteiger partial charge in [-0.1, -0.05) is 64.7 Å². The molecule has 1 aromatic rings. The molecule has 0 atom stereocenters. The van der Waals surface area contributed by atoms with E-state index in [4.69, 9.17) is 16.2 Å². The van der Waals surface area contributed by atoms with Crippen molar-refractivity contribution in [3.05, 3.63) is 17.9 Å². The molecule has 126 valence electrons. The standard InChI is InChI=1S/C18H31FN2O/c1-2-3-4-5-6-7-8-9-10-11-12-22-18-14-17(21)16(20)13-15(18)19/h13-14H,2-12,20-21H2,1H3. The molecule has 4 N–H and O–H groups in total. The highest BCUT2D eigenvalue weighted by molar-refractivity contribution is 5.65. The lowest BCUT2D eigenvalue weighted by molar-refractivity contribution is 0.290. The summed E-state index contributed by atoms with van der Waals surface area (Å²) in [5.74, 6) is -0.249. The van der Waals surface area contributed by atoms with Gasteiger partial charge >= 0.3 is 0 Å². The molecule has 4 heteroatoms. The summed E-state index contributed by atoms with van der Waals surface area (Å²) in [6.07, 6.45) is 12.7. The van der Waals surface area contributed by atoms with E-state index in [0.717, 1.165) is 12.8 Å². The molecular weight excluding hydrogens is 279 g/mol. The van der Waals surface area contributed by atoms with E-state index >= 15 is 0 Å². The summed E-state index contributed by atoms with van der Waals surface area (Å²) in [6, 6.07) is 2.67. The first-order valence-corrected chi connectivity index (χ1v) is 8.62. The van der Waals surface area contributed by atoms with E-state index in [2.05, 4.69) is 6.92 Å². The monoisotopic (exact) mass is 310 g/mol. The Kier molecular flexibility index (Phi) is 9.44. The molecule has 0 heterocycles. The molecule has 0 aliphatic heterocycles. The molecule has 0 aliphatic carbocycles. The smallest absolute Gasteiger partial charge is 0.167 e. The summed E-state index contributed by atoms with van der Waals surface area (Å²) in [6.45, 7) is 2.77. The third-order valence-electron chi connectivity index (χ3n) is 3.89. The van der Waals surface area contributed by atoms with Crippen LogP contribution in [0.1, 0.15) is 71.1 Å². The molecule has 0 saturated heterocycles. The first-order chi connectivity index (χ1) is 10.6. The lowest BCUT2D eigenvalue weighted by Gasteiger charge is -2.09. The van der Waals surface area contributed by atoms with Gasteiger partial charge in [0.05, 0.1) is 18.0 Å². The number of benzene rings is 1. The van der Waals surface area contributed by atoms with E-state index < -0.39 is 5.82 Å². The second-order valence-corrected chi connectivity index (χ2v) is 5.94. The predicted octanol–water partition coefficient (Wildman–Crippen LogP) is 5.29. The molecule has 0 amide bonds. The minimum Gasteiger partial charge on any atom is -0.490 e. The number of unbranched alkanes of at least 4 members (excludes halogenated alkanes) is 9. The largest absolute Gasteiger partial charge is 0.490 e. The van der Waals surface area contributed by atoms with Gasteiger partial charge in [0.15, 0.2) is 11.6 Å². The molecule has 0 aromatic heterocycles. The molecule has 0 unspecified atom stereocenters. The van der Waals surface area contributed by atoms with Crippen molar-refractivity contribution in [2.24, 2.45) is 0 Å². The Labute approximate surface area is 134 Å². The van der Waals surface area contributed by atoms with Crippen LogP contribution in [0, 0.1) is 5.82 Å². The lowest BCUT2D eigenvalue weighted by atomic mass is 10.1. The minimum atomic E-state index is -0.446. The van der Waals surface area contributed by atoms with E-state index in [9.17, 15) is 4.39 Å². The van der Waals surface area contributed by atoms with Crippen LogP contribution in [-0.2, 0) is 0 Å². The van der Waals surface area contributed by atoms with Gasteiger partial charge < -0.3 is 16.2 Å². The van der Waals surface area contributed by atoms with Crippen molar-refractivity contribution >= 4 is 11.4 Å². The van der Waals surface area contributed by atoms with Crippen LogP contribution in [0.4, 0.5) is 15.8 Å². The summed E-state index contributed by atoms with van der Waals surface area (Å²) in [7, 11) is 0. The average Bonchev–Trinajstić information content (AvgIpc) is 2.49. The van der Waals surface area contributed by atoms with E-state index in [-0.39, 0.29) is 11.4 Å². The molecule has 22 heavy (non-hydrogen) atoms. The number of halogens is 1. The second-order valence-electron chi connectivity index (χ2n) is 5.94. The van der Waals surface area contributed by atoms with Crippen LogP contribution in [0.15, 0.2) is 12.1 Å². The first-order valence-electron chi connectivity index (χ1n) is 8.62. The number of rotatable bonds is 12. The van der Waals surface area contributed by atoms with Crippen LogP contribution in [0.3, 0.4) is 0 Å². The summed E-state index contributed by atoms with van der Waals surface area (Å²) in [4.78, 5) is 0. The van der Waals surface area contributed by atoms with Gasteiger partial charge in [-0.05, 0) is 6.42 Å². The Morgan fingerprint density at radius 2 is 1.32 bits per heavy atom. The molecular formula is C18H31FN2O. The van der Waals surface area contributed by atoms with Crippen molar-refractivity contribution in [1.29, 1.82) is 0 Å². The SMILES string of the molecule is CCCCCCCCCCCCOc1cc(N)c(N)cc1F. The number of ether oxygens (including phenoxy) is 1. The molecule has 0 fully saturated rings. The van der Waals surface area contributed by atoms with Crippen LogP contribution in [0.25, 0.3) is 0 Å². The topological polar surface area (TPSA) is 61.3 Å². The first kappa shape index (κ1) is 18.6. The normalized spacial score (nSPS) is 10.8. The highest BCUT2D eigenvalue weighted by Crippen LogP contribution is 2.26. The minimum absolute atomic E-state index is 0.197. The zero-order valence-electron chi connectivity index (χ0n) is 13.9. The van der Waals surface area contributed by atoms with E-state index in [1.807, 2.05) is 0 Å². The van der Waals surface area contributed by atoms with Crippen molar-refractivity contribution in [2.45, 2.75) is 71.1 Å². The Morgan fingerprint density at radius 1 is 0.818 bits per heavy atom. The van der Waals surface area contributed by atoms with Crippen molar-refractivity contribution in [3.8, 4) is 5.75 Å². The van der Waals surface area contributed by atoms with Gasteiger partial charge in [0.25, 0.3) is 0 Å². The van der Waals surface area contributed by atoms with E-state index in [1.165, 1.54) is 63.5 Å². The van der Waals surface area contributed by atoms with Crippen LogP contribution >= 0.6 is 0 Å². The van der Waals surface area contributed by atoms with Gasteiger partial charge in [0.1, 0.15) is 0 Å². The lowest BCUT2D eigenvalue weighted by Crippen LogP contribution is -2.02. The summed E-state index contributed by atoms with van der Waals surface area (Å²) in [5.41, 5.74) is 11.8. The molecule has 1 rings (SSSR count). The fourth-order valence-electron chi connectivity index (χ4n) is 2.47. The van der Waals surface area contributed by atoms with Gasteiger partial charge in [-0.2, -0.15) is 0 Å². The van der Waals surface area contributed by atoms with Crippen molar-refractivity contribution in [1.82, 2.24) is 0 Å². The van der Waals surface area contributed by atoms with Crippen LogP contribution < -0.4 is 16.2 Å². The Balaban J connectivity index is 2.01. The maximum Gasteiger partial charge on any atom is 0.167 e. The summed E-state index contributed by atoms with van der Waals surface area (Å²) < 4.78 is 19.0. The molecule has 0 saturated carbocycles. The number of hydrogen-bond acceptors (Lipinski definition) is 3. The number of anilines is 2. The fourth-order valence-corrected chi connectivity index (χ4v) is 2.47. The fraction of sp³-hybridized carbons (Fsp3) is 0.667. The quantitative estimate of drug-likeness (QED) is 0.407. The van der Waals surface area contributed by atoms with Gasteiger partial charge in [0.2, 0.25) is 0 Å². The third-order valence-corrected chi connectivity index (χ3v) is 3.89. The molecule has 3 nitrogen and oxygen atoms in total. The number of nitrogens with two attached hydrogens (primary N) is 2. The van der Waals surface area contributed by atoms with Crippen molar-refractivity contribution in [2.75, 3.05) is 18.1 Å². The highest BCUT2D eigenvalue weighted by Gasteiger charge is 2.06. The zero-order valence-corrected chi connectivity index (χ0v) is 13.9. The molecule has 0 radical (unpaired) electrons. The maximum absolute atomic E-state index is 13.6. The van der Waals surface area contributed by atoms with Crippen molar-refractivity contribution in [3.63, 3.8) is 0 Å². The molecule has 0 spiro atoms. The predicted molar refractivity (Wildman–Crippen MR) is 92.6 cm³/mol. The van der Waals surface area contributed by atoms with Crippen LogP contribution in [0.5, 0.6) is 5.75 Å². The van der Waals surface area contributed by atoms with Crippen LogP contribution in [0.2, 0.25) is 0 Å². The maximum atomic E-state index is 13.6. The van der Waals surface area contributed by atoms with Gasteiger partial charge in [-0.3, -0.25) is 0 Å². The van der Waals surface area contributed by atoms with Crippen molar-refractivity contribution < 1.29 is 9.13 Å². The summed E-state index contributed by atoms with van der Waals surface area (Å²) in [5, 5.41) is 0. The van der Waals surface area contributed by atoms with Gasteiger partial charge in [-0.15, -0.1) is 0 Å². The molecule has 0 bridgehead atoms. The second kappa shape index (κ2) is 11.2. The summed E-state index contributed by atoms with van der Waals surface area (Å²) >= 11 is 0. The van der Waals surface area contributed by atoms with E-state index in [1.54, 1.807) is 0 Å². The average molecular weight is 310 g/mol.